The van der Waals surface area contributed by atoms with Crippen molar-refractivity contribution in [1.82, 2.24) is 5.32 Å². The van der Waals surface area contributed by atoms with Crippen molar-refractivity contribution in [1.29, 1.82) is 0 Å². The molecule has 2 rings (SSSR count). The summed E-state index contributed by atoms with van der Waals surface area (Å²) >= 11 is 9.38. The third-order valence-electron chi connectivity index (χ3n) is 4.25. The van der Waals surface area contributed by atoms with E-state index in [0.29, 0.717) is 34.7 Å². The van der Waals surface area contributed by atoms with Gasteiger partial charge in [0.05, 0.1) is 16.5 Å². The van der Waals surface area contributed by atoms with Gasteiger partial charge in [-0.05, 0) is 50.5 Å². The minimum Gasteiger partial charge on any atom is -0.489 e. The SMILES string of the molecule is CC(C)Oc1ccc(C(=O)N[C@H](CCO)Cc2ccc(C(=O)CBr)cc2)cc1Cl. The van der Waals surface area contributed by atoms with Gasteiger partial charge in [-0.3, -0.25) is 9.59 Å². The molecule has 0 aliphatic heterocycles. The van der Waals surface area contributed by atoms with Crippen LogP contribution in [0.2, 0.25) is 5.02 Å². The quantitative estimate of drug-likeness (QED) is 0.388. The Kier molecular flexibility index (Phi) is 9.14. The van der Waals surface area contributed by atoms with Gasteiger partial charge >= 0.3 is 0 Å². The number of hydrogen-bond acceptors (Lipinski definition) is 4. The highest BCUT2D eigenvalue weighted by Crippen LogP contribution is 2.26. The van der Waals surface area contributed by atoms with Crippen molar-refractivity contribution in [3.63, 3.8) is 0 Å². The second-order valence-corrected chi connectivity index (χ2v) is 7.92. The average Bonchev–Trinajstić information content (AvgIpc) is 2.69. The molecule has 1 atom stereocenters. The molecule has 2 N–H and O–H groups in total. The summed E-state index contributed by atoms with van der Waals surface area (Å²) < 4.78 is 5.59. The summed E-state index contributed by atoms with van der Waals surface area (Å²) in [5.74, 6) is 0.273. The summed E-state index contributed by atoms with van der Waals surface area (Å²) in [4.78, 5) is 24.4. The van der Waals surface area contributed by atoms with Crippen LogP contribution >= 0.6 is 27.5 Å². The fourth-order valence-corrected chi connectivity index (χ4v) is 3.38. The van der Waals surface area contributed by atoms with Crippen LogP contribution in [0.25, 0.3) is 0 Å². The summed E-state index contributed by atoms with van der Waals surface area (Å²) in [6, 6.07) is 11.9. The van der Waals surface area contributed by atoms with Crippen molar-refractivity contribution in [2.24, 2.45) is 0 Å². The van der Waals surface area contributed by atoms with Gasteiger partial charge in [0.1, 0.15) is 5.75 Å². The van der Waals surface area contributed by atoms with Crippen LogP contribution in [0.1, 0.15) is 46.5 Å². The molecule has 0 radical (unpaired) electrons. The normalized spacial score (nSPS) is 11.9. The van der Waals surface area contributed by atoms with E-state index < -0.39 is 0 Å². The Morgan fingerprint density at radius 1 is 1.14 bits per heavy atom. The molecule has 0 fully saturated rings. The molecule has 0 aromatic heterocycles. The lowest BCUT2D eigenvalue weighted by Gasteiger charge is -2.19. The molecule has 0 spiro atoms. The predicted molar refractivity (Wildman–Crippen MR) is 118 cm³/mol. The molecular weight excluding hydrogens is 458 g/mol. The molecule has 156 valence electrons. The van der Waals surface area contributed by atoms with Crippen molar-refractivity contribution >= 4 is 39.2 Å². The van der Waals surface area contributed by atoms with Gasteiger partial charge in [-0.1, -0.05) is 51.8 Å². The van der Waals surface area contributed by atoms with E-state index in [4.69, 9.17) is 16.3 Å². The first kappa shape index (κ1) is 23.4. The minimum atomic E-state index is -0.271. The summed E-state index contributed by atoms with van der Waals surface area (Å²) in [6.07, 6.45) is 0.935. The maximum Gasteiger partial charge on any atom is 0.251 e. The summed E-state index contributed by atoms with van der Waals surface area (Å²) in [6.45, 7) is 3.75. The van der Waals surface area contributed by atoms with Crippen LogP contribution in [0.3, 0.4) is 0 Å². The lowest BCUT2D eigenvalue weighted by Crippen LogP contribution is -2.37. The Hall–Kier alpha value is -1.89. The monoisotopic (exact) mass is 481 g/mol. The molecule has 7 heteroatoms. The van der Waals surface area contributed by atoms with Gasteiger partial charge in [0.2, 0.25) is 0 Å². The Bertz CT molecular complexity index is 839. The van der Waals surface area contributed by atoms with Crippen LogP contribution < -0.4 is 10.1 Å². The van der Waals surface area contributed by atoms with E-state index in [0.717, 1.165) is 5.56 Å². The number of nitrogens with one attached hydrogen (secondary N) is 1. The first-order chi connectivity index (χ1) is 13.8. The first-order valence-electron chi connectivity index (χ1n) is 9.40. The Labute approximate surface area is 184 Å². The number of rotatable bonds is 10. The molecule has 0 saturated carbocycles. The van der Waals surface area contributed by atoms with Crippen molar-refractivity contribution in [3.05, 3.63) is 64.2 Å². The summed E-state index contributed by atoms with van der Waals surface area (Å²) in [7, 11) is 0. The van der Waals surface area contributed by atoms with Crippen LogP contribution in [0.4, 0.5) is 0 Å². The van der Waals surface area contributed by atoms with Gasteiger partial charge in [0.25, 0.3) is 5.91 Å². The Morgan fingerprint density at radius 2 is 1.79 bits per heavy atom. The summed E-state index contributed by atoms with van der Waals surface area (Å²) in [5.41, 5.74) is 2.02. The number of carbonyl (C=O) groups is 2. The number of ketones is 1. The van der Waals surface area contributed by atoms with Crippen LogP contribution in [0.5, 0.6) is 5.75 Å². The highest BCUT2D eigenvalue weighted by molar-refractivity contribution is 9.09. The molecule has 29 heavy (non-hydrogen) atoms. The zero-order valence-electron chi connectivity index (χ0n) is 16.5. The topological polar surface area (TPSA) is 75.6 Å². The predicted octanol–water partition coefficient (Wildman–Crippen LogP) is 4.43. The molecule has 1 amide bonds. The molecule has 2 aromatic rings. The molecule has 5 nitrogen and oxygen atoms in total. The van der Waals surface area contributed by atoms with Gasteiger partial charge in [0, 0.05) is 23.8 Å². The fraction of sp³-hybridized carbons (Fsp3) is 0.364. The number of ether oxygens (including phenoxy) is 1. The Balaban J connectivity index is 2.06. The van der Waals surface area contributed by atoms with Crippen LogP contribution in [-0.2, 0) is 6.42 Å². The maximum atomic E-state index is 12.6. The van der Waals surface area contributed by atoms with E-state index in [-0.39, 0.29) is 35.8 Å². The lowest BCUT2D eigenvalue weighted by molar-refractivity contribution is 0.0929. The van der Waals surface area contributed by atoms with Crippen molar-refractivity contribution in [2.75, 3.05) is 11.9 Å². The second kappa shape index (κ2) is 11.3. The number of halogens is 2. The third kappa shape index (κ3) is 7.14. The van der Waals surface area contributed by atoms with Crippen LogP contribution in [0.15, 0.2) is 42.5 Å². The average molecular weight is 483 g/mol. The van der Waals surface area contributed by atoms with E-state index in [1.165, 1.54) is 0 Å². The standard InChI is InChI=1S/C22H25BrClNO4/c1-14(2)29-21-8-7-17(12-19(21)24)22(28)25-18(9-10-26)11-15-3-5-16(6-4-15)20(27)13-23/h3-8,12,14,18,26H,9-11,13H2,1-2H3,(H,25,28)/t18-/m1/s1. The molecule has 0 bridgehead atoms. The van der Waals surface area contributed by atoms with Gasteiger partial charge in [0.15, 0.2) is 5.78 Å². The van der Waals surface area contributed by atoms with E-state index in [9.17, 15) is 14.7 Å². The highest BCUT2D eigenvalue weighted by Gasteiger charge is 2.16. The lowest BCUT2D eigenvalue weighted by atomic mass is 10.0. The smallest absolute Gasteiger partial charge is 0.251 e. The zero-order valence-corrected chi connectivity index (χ0v) is 18.8. The zero-order chi connectivity index (χ0) is 21.4. The maximum absolute atomic E-state index is 12.6. The first-order valence-corrected chi connectivity index (χ1v) is 10.9. The van der Waals surface area contributed by atoms with Crippen molar-refractivity contribution in [2.45, 2.75) is 38.8 Å². The molecule has 2 aromatic carbocycles. The van der Waals surface area contributed by atoms with Gasteiger partial charge in [-0.25, -0.2) is 0 Å². The number of carbonyl (C=O) groups excluding carboxylic acids is 2. The number of hydrogen-bond donors (Lipinski definition) is 2. The minimum absolute atomic E-state index is 0.0125. The fourth-order valence-electron chi connectivity index (χ4n) is 2.83. The van der Waals surface area contributed by atoms with E-state index in [1.807, 2.05) is 26.0 Å². The molecular formula is C22H25BrClNO4. The highest BCUT2D eigenvalue weighted by atomic mass is 79.9. The number of aliphatic hydroxyl groups excluding tert-OH is 1. The molecule has 0 aliphatic rings. The number of alkyl halides is 1. The number of aliphatic hydroxyl groups is 1. The van der Waals surface area contributed by atoms with Crippen molar-refractivity contribution < 1.29 is 19.4 Å². The number of amides is 1. The van der Waals surface area contributed by atoms with E-state index >= 15 is 0 Å². The van der Waals surface area contributed by atoms with E-state index in [2.05, 4.69) is 21.2 Å². The van der Waals surface area contributed by atoms with Crippen LogP contribution in [-0.4, -0.2) is 40.9 Å². The molecule has 0 saturated heterocycles. The number of Topliss-reactive ketones (excluding diaryl/α,β-unsaturated/α-hetero) is 1. The molecule has 0 heterocycles. The van der Waals surface area contributed by atoms with Crippen molar-refractivity contribution in [3.8, 4) is 5.75 Å². The summed E-state index contributed by atoms with van der Waals surface area (Å²) in [5, 5.41) is 13.0. The van der Waals surface area contributed by atoms with Crippen LogP contribution in [0, 0.1) is 0 Å². The third-order valence-corrected chi connectivity index (χ3v) is 5.05. The van der Waals surface area contributed by atoms with E-state index in [1.54, 1.807) is 30.3 Å². The molecule has 0 aliphatic carbocycles. The van der Waals surface area contributed by atoms with Gasteiger partial charge in [-0.2, -0.15) is 0 Å². The second-order valence-electron chi connectivity index (χ2n) is 6.95. The van der Waals surface area contributed by atoms with Gasteiger partial charge < -0.3 is 15.2 Å². The molecule has 0 unspecified atom stereocenters. The Morgan fingerprint density at radius 3 is 2.34 bits per heavy atom. The largest absolute Gasteiger partial charge is 0.489 e. The van der Waals surface area contributed by atoms with Gasteiger partial charge in [-0.15, -0.1) is 0 Å². The number of benzene rings is 2.